The Labute approximate surface area is 213 Å². The number of carbonyl (C=O) groups excluding carboxylic acids is 6. The maximum absolute atomic E-state index is 13.7. The van der Waals surface area contributed by atoms with Gasteiger partial charge in [-0.3, -0.25) is 24.0 Å². The third kappa shape index (κ3) is 8.29. The largest absolute Gasteiger partial charge is 0.467 e. The van der Waals surface area contributed by atoms with Crippen LogP contribution < -0.4 is 5.32 Å². The molecule has 0 radical (unpaired) electrons. The first-order valence-corrected chi connectivity index (χ1v) is 11.5. The number of methoxy groups -OCH3 is 1. The van der Waals surface area contributed by atoms with E-state index in [9.17, 15) is 28.8 Å². The summed E-state index contributed by atoms with van der Waals surface area (Å²) in [5.74, 6) is -4.83. The van der Waals surface area contributed by atoms with Gasteiger partial charge in [-0.25, -0.2) is 4.79 Å². The number of nitrogens with one attached hydrogen (secondary N) is 1. The van der Waals surface area contributed by atoms with Crippen LogP contribution in [0.4, 0.5) is 0 Å². The molecular weight excluding hydrogens is 490 g/mol. The Kier molecular flexibility index (Phi) is 10.2. The maximum atomic E-state index is 13.7. The molecular formula is C25H31NO11. The standard InChI is InChI=1S/C25H31NO11/c1-14(27)34-20-12-25(37-17(4)30,13-21(35-15(2)28)22(20)36-16(3)29)24(32)26-19(23(31)33-5)11-18-9-7-6-8-10-18/h6-10,19-22H,11-13H2,1-5H3,(H,26,32)/t19-,20+,21+,22?,25?/m0/s1. The summed E-state index contributed by atoms with van der Waals surface area (Å²) in [6.45, 7) is 4.37. The highest BCUT2D eigenvalue weighted by Crippen LogP contribution is 2.38. The number of hydrogen-bond acceptors (Lipinski definition) is 11. The van der Waals surface area contributed by atoms with E-state index in [1.807, 2.05) is 0 Å². The molecule has 3 atom stereocenters. The molecule has 12 heteroatoms. The fourth-order valence-electron chi connectivity index (χ4n) is 4.26. The smallest absolute Gasteiger partial charge is 0.328 e. The van der Waals surface area contributed by atoms with Gasteiger partial charge in [0.2, 0.25) is 0 Å². The highest BCUT2D eigenvalue weighted by atomic mass is 16.6. The number of carbonyl (C=O) groups is 6. The second-order valence-electron chi connectivity index (χ2n) is 8.60. The van der Waals surface area contributed by atoms with Gasteiger partial charge in [-0.05, 0) is 5.56 Å². The lowest BCUT2D eigenvalue weighted by Crippen LogP contribution is -2.64. The Balaban J connectivity index is 2.49. The zero-order chi connectivity index (χ0) is 27.8. The second kappa shape index (κ2) is 12.8. The SMILES string of the molecule is COC(=O)[C@H](Cc1ccccc1)NC(=O)C1(OC(C)=O)C[C@@H](OC(C)=O)C(OC(C)=O)[C@H](OC(C)=O)C1. The summed E-state index contributed by atoms with van der Waals surface area (Å²) < 4.78 is 26.2. The quantitative estimate of drug-likeness (QED) is 0.361. The molecule has 1 aromatic carbocycles. The molecule has 0 saturated heterocycles. The molecule has 0 bridgehead atoms. The lowest BCUT2D eigenvalue weighted by Gasteiger charge is -2.45. The summed E-state index contributed by atoms with van der Waals surface area (Å²) in [7, 11) is 1.16. The predicted octanol–water partition coefficient (Wildman–Crippen LogP) is 0.778. The number of rotatable bonds is 9. The number of ether oxygens (including phenoxy) is 5. The summed E-state index contributed by atoms with van der Waals surface area (Å²) in [6, 6.07) is 7.64. The van der Waals surface area contributed by atoms with Gasteiger partial charge in [-0.15, -0.1) is 0 Å². The molecule has 37 heavy (non-hydrogen) atoms. The molecule has 1 aliphatic carbocycles. The van der Waals surface area contributed by atoms with Crippen molar-refractivity contribution in [3.8, 4) is 0 Å². The fraction of sp³-hybridized carbons (Fsp3) is 0.520. The minimum Gasteiger partial charge on any atom is -0.467 e. The van der Waals surface area contributed by atoms with Crippen molar-refractivity contribution in [2.45, 2.75) is 76.9 Å². The molecule has 1 aromatic rings. The van der Waals surface area contributed by atoms with Crippen molar-refractivity contribution in [2.24, 2.45) is 0 Å². The Hall–Kier alpha value is -3.96. The Morgan fingerprint density at radius 1 is 0.838 bits per heavy atom. The Morgan fingerprint density at radius 2 is 1.35 bits per heavy atom. The molecule has 1 N–H and O–H groups in total. The molecule has 202 valence electrons. The third-order valence-electron chi connectivity index (χ3n) is 5.56. The normalized spacial score (nSPS) is 23.5. The van der Waals surface area contributed by atoms with Gasteiger partial charge in [0.05, 0.1) is 7.11 Å². The number of amides is 1. The van der Waals surface area contributed by atoms with E-state index in [0.717, 1.165) is 34.8 Å². The van der Waals surface area contributed by atoms with Crippen LogP contribution in [-0.2, 0) is 58.9 Å². The second-order valence-corrected chi connectivity index (χ2v) is 8.60. The van der Waals surface area contributed by atoms with E-state index in [0.29, 0.717) is 5.56 Å². The first kappa shape index (κ1) is 29.3. The zero-order valence-electron chi connectivity index (χ0n) is 21.3. The number of benzene rings is 1. The molecule has 0 heterocycles. The van der Waals surface area contributed by atoms with Gasteiger partial charge in [0.25, 0.3) is 5.91 Å². The average Bonchev–Trinajstić information content (AvgIpc) is 2.79. The molecule has 0 unspecified atom stereocenters. The Bertz CT molecular complexity index is 997. The monoisotopic (exact) mass is 521 g/mol. The Morgan fingerprint density at radius 3 is 1.78 bits per heavy atom. The molecule has 1 amide bonds. The summed E-state index contributed by atoms with van der Waals surface area (Å²) in [5.41, 5.74) is -1.33. The van der Waals surface area contributed by atoms with Crippen molar-refractivity contribution in [2.75, 3.05) is 7.11 Å². The number of esters is 5. The first-order valence-electron chi connectivity index (χ1n) is 11.5. The van der Waals surface area contributed by atoms with Crippen LogP contribution in [-0.4, -0.2) is 72.8 Å². The molecule has 1 saturated carbocycles. The van der Waals surface area contributed by atoms with Crippen LogP contribution in [0.15, 0.2) is 30.3 Å². The van der Waals surface area contributed by atoms with Crippen molar-refractivity contribution in [3.05, 3.63) is 35.9 Å². The predicted molar refractivity (Wildman–Crippen MR) is 124 cm³/mol. The van der Waals surface area contributed by atoms with Crippen LogP contribution in [0.3, 0.4) is 0 Å². The van der Waals surface area contributed by atoms with E-state index in [1.54, 1.807) is 30.3 Å². The van der Waals surface area contributed by atoms with Crippen LogP contribution in [0.2, 0.25) is 0 Å². The average molecular weight is 522 g/mol. The van der Waals surface area contributed by atoms with Gasteiger partial charge in [-0.2, -0.15) is 0 Å². The minimum atomic E-state index is -2.05. The van der Waals surface area contributed by atoms with Crippen LogP contribution in [0.25, 0.3) is 0 Å². The highest BCUT2D eigenvalue weighted by molar-refractivity contribution is 5.92. The summed E-state index contributed by atoms with van der Waals surface area (Å²) in [5, 5.41) is 2.56. The topological polar surface area (TPSA) is 161 Å². The maximum Gasteiger partial charge on any atom is 0.328 e. The van der Waals surface area contributed by atoms with Gasteiger partial charge in [0.1, 0.15) is 18.2 Å². The lowest BCUT2D eigenvalue weighted by atomic mass is 9.78. The minimum absolute atomic E-state index is 0.0617. The van der Waals surface area contributed by atoms with Crippen LogP contribution in [0.5, 0.6) is 0 Å². The van der Waals surface area contributed by atoms with Crippen molar-refractivity contribution in [3.63, 3.8) is 0 Å². The van der Waals surface area contributed by atoms with Gasteiger partial charge in [0.15, 0.2) is 11.7 Å². The van der Waals surface area contributed by atoms with E-state index in [2.05, 4.69) is 5.32 Å². The van der Waals surface area contributed by atoms with Crippen LogP contribution >= 0.6 is 0 Å². The van der Waals surface area contributed by atoms with Crippen LogP contribution in [0.1, 0.15) is 46.1 Å². The van der Waals surface area contributed by atoms with E-state index >= 15 is 0 Å². The first-order chi connectivity index (χ1) is 17.4. The van der Waals surface area contributed by atoms with E-state index in [-0.39, 0.29) is 6.42 Å². The third-order valence-corrected chi connectivity index (χ3v) is 5.56. The summed E-state index contributed by atoms with van der Waals surface area (Å²) in [4.78, 5) is 73.8. The summed E-state index contributed by atoms with van der Waals surface area (Å²) in [6.07, 6.45) is -4.74. The number of hydrogen-bond donors (Lipinski definition) is 1. The van der Waals surface area contributed by atoms with Crippen molar-refractivity contribution < 1.29 is 52.5 Å². The van der Waals surface area contributed by atoms with Gasteiger partial charge >= 0.3 is 29.8 Å². The molecule has 12 nitrogen and oxygen atoms in total. The molecule has 0 spiro atoms. The molecule has 0 aliphatic heterocycles. The van der Waals surface area contributed by atoms with Crippen LogP contribution in [0, 0.1) is 0 Å². The zero-order valence-corrected chi connectivity index (χ0v) is 21.3. The van der Waals surface area contributed by atoms with Gasteiger partial charge < -0.3 is 29.0 Å². The molecule has 1 fully saturated rings. The highest BCUT2D eigenvalue weighted by Gasteiger charge is 2.57. The van der Waals surface area contributed by atoms with Crippen molar-refractivity contribution >= 4 is 35.8 Å². The van der Waals surface area contributed by atoms with Crippen molar-refractivity contribution in [1.82, 2.24) is 5.32 Å². The van der Waals surface area contributed by atoms with E-state index in [4.69, 9.17) is 23.7 Å². The fourth-order valence-corrected chi connectivity index (χ4v) is 4.26. The van der Waals surface area contributed by atoms with E-state index < -0.39 is 78.6 Å². The van der Waals surface area contributed by atoms with Gasteiger partial charge in [-0.1, -0.05) is 30.3 Å². The molecule has 2 rings (SSSR count). The molecule has 0 aromatic heterocycles. The van der Waals surface area contributed by atoms with Gasteiger partial charge in [0, 0.05) is 47.0 Å². The summed E-state index contributed by atoms with van der Waals surface area (Å²) >= 11 is 0. The lowest BCUT2D eigenvalue weighted by molar-refractivity contribution is -0.215. The van der Waals surface area contributed by atoms with Crippen molar-refractivity contribution in [1.29, 1.82) is 0 Å². The molecule has 1 aliphatic rings. The van der Waals surface area contributed by atoms with E-state index in [1.165, 1.54) is 0 Å².